The molecule has 0 amide bonds. The number of nitrogens with zero attached hydrogens (tertiary/aromatic N) is 3. The van der Waals surface area contributed by atoms with Gasteiger partial charge in [0.05, 0.1) is 36.8 Å². The van der Waals surface area contributed by atoms with Crippen molar-refractivity contribution in [3.8, 4) is 23.0 Å². The van der Waals surface area contributed by atoms with Crippen LogP contribution in [0.1, 0.15) is 224 Å². The molecule has 0 radical (unpaired) electrons. The number of esters is 1. The average Bonchev–Trinajstić information content (AvgIpc) is 3.29. The third kappa shape index (κ3) is 25.2. The van der Waals surface area contributed by atoms with E-state index in [-0.39, 0.29) is 0 Å². The third-order valence-corrected chi connectivity index (χ3v) is 11.5. The van der Waals surface area contributed by atoms with Crippen molar-refractivity contribution in [2.24, 2.45) is 10.2 Å². The van der Waals surface area contributed by atoms with Crippen LogP contribution in [0.2, 0.25) is 0 Å². The molecule has 8 nitrogen and oxygen atoms in total. The molecule has 2 aromatic carbocycles. The van der Waals surface area contributed by atoms with Gasteiger partial charge in [-0.3, -0.25) is 4.98 Å². The summed E-state index contributed by atoms with van der Waals surface area (Å²) in [5, 5.41) is 8.56. The van der Waals surface area contributed by atoms with Gasteiger partial charge in [0, 0.05) is 12.4 Å². The highest BCUT2D eigenvalue weighted by Gasteiger charge is 2.21. The Morgan fingerprint density at radius 3 is 1.16 bits per heavy atom. The molecule has 0 atom stereocenters. The van der Waals surface area contributed by atoms with Gasteiger partial charge in [-0.1, -0.05) is 194 Å². The van der Waals surface area contributed by atoms with E-state index < -0.39 is 5.97 Å². The van der Waals surface area contributed by atoms with Crippen LogP contribution in [0.25, 0.3) is 0 Å². The van der Waals surface area contributed by atoms with E-state index in [1.54, 1.807) is 60.9 Å². The number of azo groups is 1. The summed E-state index contributed by atoms with van der Waals surface area (Å²) in [6, 6.07) is 14.1. The smallest absolute Gasteiger partial charge is 0.343 e. The Morgan fingerprint density at radius 1 is 0.435 bits per heavy atom. The number of ether oxygens (including phenoxy) is 4. The van der Waals surface area contributed by atoms with Crippen molar-refractivity contribution < 1.29 is 23.7 Å². The van der Waals surface area contributed by atoms with Gasteiger partial charge in [0.25, 0.3) is 0 Å². The maximum atomic E-state index is 13.8. The van der Waals surface area contributed by atoms with Crippen LogP contribution in [0.5, 0.6) is 23.0 Å². The molecular weight excluding hydrogens is 771 g/mol. The molecule has 3 rings (SSSR count). The largest absolute Gasteiger partial charge is 0.490 e. The van der Waals surface area contributed by atoms with Crippen LogP contribution in [0.3, 0.4) is 0 Å². The summed E-state index contributed by atoms with van der Waals surface area (Å²) in [5.74, 6) is 1.63. The molecule has 1 aromatic heterocycles. The Morgan fingerprint density at radius 2 is 0.774 bits per heavy atom. The highest BCUT2D eigenvalue weighted by atomic mass is 16.5. The van der Waals surface area contributed by atoms with Crippen LogP contribution in [0, 0.1) is 0 Å². The molecule has 0 bridgehead atoms. The number of hydrogen-bond donors (Lipinski definition) is 0. The molecule has 0 fully saturated rings. The predicted octanol–water partition coefficient (Wildman–Crippen LogP) is 17.6. The second-order valence-corrected chi connectivity index (χ2v) is 17.2. The lowest BCUT2D eigenvalue weighted by Crippen LogP contribution is -2.12. The lowest BCUT2D eigenvalue weighted by Gasteiger charge is -2.19. The number of rotatable bonds is 40. The van der Waals surface area contributed by atoms with E-state index in [4.69, 9.17) is 18.9 Å². The Balaban J connectivity index is 1.67. The minimum absolute atomic E-state index is 0.369. The average molecular weight is 856 g/mol. The van der Waals surface area contributed by atoms with E-state index in [0.29, 0.717) is 59.8 Å². The molecule has 1 heterocycles. The van der Waals surface area contributed by atoms with E-state index in [1.165, 1.54) is 154 Å². The molecule has 0 spiro atoms. The van der Waals surface area contributed by atoms with Crippen LogP contribution in [0.4, 0.5) is 11.4 Å². The monoisotopic (exact) mass is 856 g/mol. The molecule has 0 unspecified atom stereocenters. The van der Waals surface area contributed by atoms with Crippen molar-refractivity contribution >= 4 is 17.3 Å². The summed E-state index contributed by atoms with van der Waals surface area (Å²) in [7, 11) is 0. The zero-order valence-corrected chi connectivity index (χ0v) is 39.5. The minimum Gasteiger partial charge on any atom is -0.490 e. The fourth-order valence-corrected chi connectivity index (χ4v) is 7.63. The van der Waals surface area contributed by atoms with Gasteiger partial charge in [-0.15, -0.1) is 0 Å². The zero-order chi connectivity index (χ0) is 44.0. The van der Waals surface area contributed by atoms with Gasteiger partial charge in [-0.05, 0) is 67.8 Å². The maximum Gasteiger partial charge on any atom is 0.343 e. The molecule has 0 aliphatic carbocycles. The topological polar surface area (TPSA) is 91.6 Å². The first-order valence-electron chi connectivity index (χ1n) is 25.3. The normalized spacial score (nSPS) is 11.3. The summed E-state index contributed by atoms with van der Waals surface area (Å²) in [4.78, 5) is 17.8. The molecule has 0 saturated carbocycles. The highest BCUT2D eigenvalue weighted by Crippen LogP contribution is 2.40. The first-order valence-corrected chi connectivity index (χ1v) is 25.3. The summed E-state index contributed by atoms with van der Waals surface area (Å²) in [6.45, 7) is 8.49. The molecule has 62 heavy (non-hydrogen) atoms. The van der Waals surface area contributed by atoms with Crippen molar-refractivity contribution in [3.05, 3.63) is 66.5 Å². The van der Waals surface area contributed by atoms with E-state index in [1.807, 2.05) is 0 Å². The number of pyridine rings is 1. The first-order chi connectivity index (χ1) is 30.6. The molecule has 0 aliphatic rings. The molecular formula is C54H85N3O5. The Kier molecular flexibility index (Phi) is 30.9. The lowest BCUT2D eigenvalue weighted by molar-refractivity contribution is 0.0733. The predicted molar refractivity (Wildman–Crippen MR) is 258 cm³/mol. The summed E-state index contributed by atoms with van der Waals surface area (Å²) in [5.41, 5.74) is 1.73. The molecule has 0 aliphatic heterocycles. The Hall–Kier alpha value is -3.94. The van der Waals surface area contributed by atoms with Crippen molar-refractivity contribution in [1.29, 1.82) is 0 Å². The van der Waals surface area contributed by atoms with Gasteiger partial charge in [-0.25, -0.2) is 4.79 Å². The fourth-order valence-electron chi connectivity index (χ4n) is 7.63. The molecule has 0 saturated heterocycles. The van der Waals surface area contributed by atoms with Crippen LogP contribution < -0.4 is 18.9 Å². The molecule has 346 valence electrons. The van der Waals surface area contributed by atoms with Crippen molar-refractivity contribution in [1.82, 2.24) is 4.98 Å². The van der Waals surface area contributed by atoms with E-state index in [0.717, 1.165) is 38.5 Å². The van der Waals surface area contributed by atoms with Gasteiger partial charge in [0.15, 0.2) is 11.5 Å². The van der Waals surface area contributed by atoms with Crippen molar-refractivity contribution in [2.75, 3.05) is 19.8 Å². The fraction of sp³-hybridized carbons (Fsp3) is 0.667. The molecule has 0 N–H and O–H groups in total. The quantitative estimate of drug-likeness (QED) is 0.0245. The number of carbonyl (C=O) groups is 1. The number of hydrogen-bond acceptors (Lipinski definition) is 8. The van der Waals surface area contributed by atoms with Crippen molar-refractivity contribution in [3.63, 3.8) is 0 Å². The second kappa shape index (κ2) is 36.5. The van der Waals surface area contributed by atoms with Crippen LogP contribution in [-0.2, 0) is 0 Å². The SMILES string of the molecule is CCCCCCCCCCCCOc1cc(C(=O)Oc2ccc(N=Nc3ccncc3)cc2)cc(OCCCCCCCCCCCC)c1OCCCCCCCCCCCC. The standard InChI is InChI=1S/C54H85N3O5/c1-4-7-10-13-16-19-22-25-28-31-42-59-51-45-47(54(58)62-50-36-34-48(35-37-50)56-57-49-38-40-55-41-39-49)46-52(60-43-32-29-26-23-20-17-14-11-8-5-2)53(51)61-44-33-30-27-24-21-18-15-12-9-6-3/h34-41,45-46H,4-33,42-44H2,1-3H3. The van der Waals surface area contributed by atoms with Gasteiger partial charge in [0.1, 0.15) is 5.75 Å². The summed E-state index contributed by atoms with van der Waals surface area (Å²) >= 11 is 0. The number of benzene rings is 2. The number of carbonyl (C=O) groups excluding carboxylic acids is 1. The molecule has 3 aromatic rings. The minimum atomic E-state index is -0.482. The van der Waals surface area contributed by atoms with E-state index in [2.05, 4.69) is 36.0 Å². The third-order valence-electron chi connectivity index (χ3n) is 11.5. The Bertz CT molecular complexity index is 1500. The van der Waals surface area contributed by atoms with E-state index in [9.17, 15) is 4.79 Å². The second-order valence-electron chi connectivity index (χ2n) is 17.2. The van der Waals surface area contributed by atoms with Gasteiger partial charge >= 0.3 is 5.97 Å². The van der Waals surface area contributed by atoms with Crippen LogP contribution in [-0.4, -0.2) is 30.8 Å². The lowest BCUT2D eigenvalue weighted by atomic mass is 10.1. The van der Waals surface area contributed by atoms with Crippen LogP contribution in [0.15, 0.2) is 71.2 Å². The van der Waals surface area contributed by atoms with Gasteiger partial charge in [0.2, 0.25) is 5.75 Å². The summed E-state index contributed by atoms with van der Waals surface area (Å²) < 4.78 is 25.4. The first kappa shape index (κ1) is 52.4. The van der Waals surface area contributed by atoms with Crippen molar-refractivity contribution in [2.45, 2.75) is 213 Å². The summed E-state index contributed by atoms with van der Waals surface area (Å²) in [6.07, 6.45) is 41.1. The number of unbranched alkanes of at least 4 members (excludes halogenated alkanes) is 27. The van der Waals surface area contributed by atoms with Gasteiger partial charge < -0.3 is 18.9 Å². The Labute approximate surface area is 377 Å². The highest BCUT2D eigenvalue weighted by molar-refractivity contribution is 5.92. The number of aromatic nitrogens is 1. The van der Waals surface area contributed by atoms with Gasteiger partial charge in [-0.2, -0.15) is 10.2 Å². The molecule has 8 heteroatoms. The van der Waals surface area contributed by atoms with Crippen LogP contribution >= 0.6 is 0 Å². The van der Waals surface area contributed by atoms with E-state index >= 15 is 0 Å². The zero-order valence-electron chi connectivity index (χ0n) is 39.5. The maximum absolute atomic E-state index is 13.8.